The first kappa shape index (κ1) is 10.4. The highest BCUT2D eigenvalue weighted by molar-refractivity contribution is 7.98. The number of fused-ring (bicyclic) bond motifs is 1. The zero-order valence-corrected chi connectivity index (χ0v) is 9.98. The number of rotatable bonds is 1. The maximum absolute atomic E-state index is 4.35. The normalized spacial score (nSPS) is 14.3. The van der Waals surface area contributed by atoms with E-state index in [0.29, 0.717) is 6.04 Å². The molecule has 0 radical (unpaired) electrons. The average Bonchev–Trinajstić information content (AvgIpc) is 2.16. The van der Waals surface area contributed by atoms with Gasteiger partial charge in [-0.3, -0.25) is 0 Å². The Morgan fingerprint density at radius 3 is 2.93 bits per heavy atom. The molecule has 0 amide bonds. The first-order valence-electron chi connectivity index (χ1n) is 5.04. The van der Waals surface area contributed by atoms with Gasteiger partial charge in [0.2, 0.25) is 5.96 Å². The van der Waals surface area contributed by atoms with Crippen LogP contribution in [0.5, 0.6) is 0 Å². The summed E-state index contributed by atoms with van der Waals surface area (Å²) in [5.74, 6) is 0.841. The van der Waals surface area contributed by atoms with Crippen molar-refractivity contribution >= 4 is 23.6 Å². The van der Waals surface area contributed by atoms with Crippen molar-refractivity contribution in [1.82, 2.24) is 5.32 Å². The smallest absolute Gasteiger partial charge is 0.208 e. The molecule has 1 aliphatic rings. The molecule has 0 aromatic heterocycles. The van der Waals surface area contributed by atoms with Crippen LogP contribution in [0.4, 0.5) is 5.69 Å². The van der Waals surface area contributed by atoms with Crippen molar-refractivity contribution in [2.75, 3.05) is 5.32 Å². The summed E-state index contributed by atoms with van der Waals surface area (Å²) in [5.41, 5.74) is 2.39. The molecule has 4 heteroatoms. The van der Waals surface area contributed by atoms with Crippen LogP contribution in [0.3, 0.4) is 0 Å². The molecule has 0 unspecified atom stereocenters. The third-order valence-electron chi connectivity index (χ3n) is 2.05. The van der Waals surface area contributed by atoms with Gasteiger partial charge in [-0.15, -0.1) is 0 Å². The summed E-state index contributed by atoms with van der Waals surface area (Å²) in [7, 11) is 0. The molecular weight excluding hydrogens is 206 g/mol. The number of aryl methyl sites for hydroxylation is 1. The first-order valence-corrected chi connectivity index (χ1v) is 5.82. The number of benzene rings is 1. The van der Waals surface area contributed by atoms with Crippen molar-refractivity contribution in [1.29, 1.82) is 0 Å². The Bertz CT molecular complexity index is 399. The van der Waals surface area contributed by atoms with Crippen LogP contribution in [0.15, 0.2) is 27.5 Å². The molecule has 1 aromatic rings. The summed E-state index contributed by atoms with van der Waals surface area (Å²) in [6.07, 6.45) is 0. The fourth-order valence-corrected chi connectivity index (χ4v) is 2.03. The van der Waals surface area contributed by atoms with E-state index in [1.807, 2.05) is 0 Å². The molecule has 0 atom stereocenters. The fraction of sp³-hybridized carbons (Fsp3) is 0.364. The molecule has 0 spiro atoms. The average molecular weight is 221 g/mol. The Hall–Kier alpha value is -1.16. The SMILES string of the molecule is Cc1ccc2c(c1)NC(NC(C)C)=NS2. The molecule has 0 fully saturated rings. The van der Waals surface area contributed by atoms with Crippen LogP contribution >= 0.6 is 11.9 Å². The Labute approximate surface area is 94.5 Å². The van der Waals surface area contributed by atoms with Gasteiger partial charge in [0.15, 0.2) is 0 Å². The van der Waals surface area contributed by atoms with Crippen molar-refractivity contribution < 1.29 is 0 Å². The minimum atomic E-state index is 0.392. The van der Waals surface area contributed by atoms with Crippen LogP contribution in [0.25, 0.3) is 0 Å². The maximum Gasteiger partial charge on any atom is 0.208 e. The van der Waals surface area contributed by atoms with E-state index in [1.54, 1.807) is 0 Å². The lowest BCUT2D eigenvalue weighted by Gasteiger charge is -2.20. The van der Waals surface area contributed by atoms with E-state index in [2.05, 4.69) is 54.0 Å². The van der Waals surface area contributed by atoms with E-state index < -0.39 is 0 Å². The summed E-state index contributed by atoms with van der Waals surface area (Å²) >= 11 is 1.51. The van der Waals surface area contributed by atoms with Crippen LogP contribution < -0.4 is 10.6 Å². The van der Waals surface area contributed by atoms with Gasteiger partial charge in [-0.2, -0.15) is 4.40 Å². The lowest BCUT2D eigenvalue weighted by Crippen LogP contribution is -2.36. The molecule has 0 saturated heterocycles. The molecule has 0 saturated carbocycles. The van der Waals surface area contributed by atoms with Gasteiger partial charge in [-0.1, -0.05) is 6.07 Å². The third-order valence-corrected chi connectivity index (χ3v) is 2.88. The van der Waals surface area contributed by atoms with Crippen molar-refractivity contribution in [2.45, 2.75) is 31.7 Å². The Morgan fingerprint density at radius 2 is 2.20 bits per heavy atom. The molecular formula is C11H15N3S. The topological polar surface area (TPSA) is 36.4 Å². The van der Waals surface area contributed by atoms with Gasteiger partial charge in [-0.05, 0) is 38.5 Å². The molecule has 80 valence electrons. The molecule has 1 heterocycles. The summed E-state index contributed by atoms with van der Waals surface area (Å²) in [4.78, 5) is 1.18. The number of nitrogens with one attached hydrogen (secondary N) is 2. The van der Waals surface area contributed by atoms with Crippen molar-refractivity contribution in [3.63, 3.8) is 0 Å². The number of anilines is 1. The van der Waals surface area contributed by atoms with Gasteiger partial charge >= 0.3 is 0 Å². The van der Waals surface area contributed by atoms with Crippen LogP contribution in [0.2, 0.25) is 0 Å². The van der Waals surface area contributed by atoms with Crippen LogP contribution in [-0.2, 0) is 0 Å². The van der Waals surface area contributed by atoms with Gasteiger partial charge in [0.25, 0.3) is 0 Å². The van der Waals surface area contributed by atoms with Gasteiger partial charge < -0.3 is 10.6 Å². The van der Waals surface area contributed by atoms with Crippen molar-refractivity contribution in [3.8, 4) is 0 Å². The van der Waals surface area contributed by atoms with Crippen molar-refractivity contribution in [3.05, 3.63) is 23.8 Å². The lowest BCUT2D eigenvalue weighted by atomic mass is 10.2. The molecule has 15 heavy (non-hydrogen) atoms. The third kappa shape index (κ3) is 2.45. The maximum atomic E-state index is 4.35. The van der Waals surface area contributed by atoms with Gasteiger partial charge in [0.1, 0.15) is 0 Å². The van der Waals surface area contributed by atoms with Crippen LogP contribution in [0, 0.1) is 6.92 Å². The largest absolute Gasteiger partial charge is 0.353 e. The standard InChI is InChI=1S/C11H15N3S/c1-7(2)12-11-13-9-6-8(3)4-5-10(9)15-14-11/h4-7H,1-3H3,(H2,12,13,14). The number of guanidine groups is 1. The number of hydrogen-bond donors (Lipinski definition) is 2. The van der Waals surface area contributed by atoms with E-state index in [0.717, 1.165) is 11.6 Å². The highest BCUT2D eigenvalue weighted by Crippen LogP contribution is 2.32. The molecule has 1 aromatic carbocycles. The molecule has 0 aliphatic carbocycles. The summed E-state index contributed by atoms with van der Waals surface area (Å²) in [6, 6.07) is 6.73. The number of hydrogen-bond acceptors (Lipinski definition) is 4. The highest BCUT2D eigenvalue weighted by atomic mass is 32.2. The van der Waals surface area contributed by atoms with E-state index in [1.165, 1.54) is 22.4 Å². The second-order valence-electron chi connectivity index (χ2n) is 3.95. The Morgan fingerprint density at radius 1 is 1.40 bits per heavy atom. The van der Waals surface area contributed by atoms with Gasteiger partial charge in [0.05, 0.1) is 10.6 Å². The molecule has 2 rings (SSSR count). The molecule has 3 nitrogen and oxygen atoms in total. The van der Waals surface area contributed by atoms with Crippen LogP contribution in [0.1, 0.15) is 19.4 Å². The Kier molecular flexibility index (Phi) is 2.86. The monoisotopic (exact) mass is 221 g/mol. The molecule has 2 N–H and O–H groups in total. The first-order chi connectivity index (χ1) is 7.15. The van der Waals surface area contributed by atoms with Crippen molar-refractivity contribution in [2.24, 2.45) is 4.40 Å². The fourth-order valence-electron chi connectivity index (χ4n) is 1.40. The zero-order valence-electron chi connectivity index (χ0n) is 9.16. The Balaban J connectivity index is 2.17. The minimum Gasteiger partial charge on any atom is -0.353 e. The van der Waals surface area contributed by atoms with E-state index >= 15 is 0 Å². The predicted molar refractivity (Wildman–Crippen MR) is 66.4 cm³/mol. The quantitative estimate of drug-likeness (QED) is 0.716. The second kappa shape index (κ2) is 4.14. The van der Waals surface area contributed by atoms with E-state index in [4.69, 9.17) is 0 Å². The zero-order chi connectivity index (χ0) is 10.8. The molecule has 1 aliphatic heterocycles. The molecule has 0 bridgehead atoms. The van der Waals surface area contributed by atoms with E-state index in [-0.39, 0.29) is 0 Å². The summed E-state index contributed by atoms with van der Waals surface area (Å²) < 4.78 is 4.35. The second-order valence-corrected chi connectivity index (χ2v) is 4.76. The predicted octanol–water partition coefficient (Wildman–Crippen LogP) is 2.78. The lowest BCUT2D eigenvalue weighted by molar-refractivity contribution is 0.732. The summed E-state index contributed by atoms with van der Waals surface area (Å²) in [5, 5.41) is 6.55. The van der Waals surface area contributed by atoms with Crippen LogP contribution in [-0.4, -0.2) is 12.0 Å². The van der Waals surface area contributed by atoms with Gasteiger partial charge in [-0.25, -0.2) is 0 Å². The van der Waals surface area contributed by atoms with Gasteiger partial charge in [0, 0.05) is 18.0 Å². The summed E-state index contributed by atoms with van der Waals surface area (Å²) in [6.45, 7) is 6.29. The number of nitrogens with zero attached hydrogens (tertiary/aromatic N) is 1. The minimum absolute atomic E-state index is 0.392. The van der Waals surface area contributed by atoms with E-state index in [9.17, 15) is 0 Å². The highest BCUT2D eigenvalue weighted by Gasteiger charge is 2.12.